The van der Waals surface area contributed by atoms with Crippen LogP contribution in [0, 0.1) is 13.8 Å². The summed E-state index contributed by atoms with van der Waals surface area (Å²) in [5, 5.41) is 8.45. The average molecular weight is 293 g/mol. The number of rotatable bonds is 2. The van der Waals surface area contributed by atoms with Crippen LogP contribution < -0.4 is 10.2 Å². The second-order valence-corrected chi connectivity index (χ2v) is 5.25. The van der Waals surface area contributed by atoms with Gasteiger partial charge in [-0.2, -0.15) is 5.10 Å². The number of anilines is 1. The van der Waals surface area contributed by atoms with Crippen LogP contribution in [0.4, 0.5) is 5.82 Å². The lowest BCUT2D eigenvalue weighted by atomic mass is 10.3. The van der Waals surface area contributed by atoms with Crippen molar-refractivity contribution in [3.05, 3.63) is 28.8 Å². The second kappa shape index (κ2) is 5.38. The van der Waals surface area contributed by atoms with E-state index in [0.29, 0.717) is 5.02 Å². The Hall–Kier alpha value is -1.66. The Morgan fingerprint density at radius 2 is 1.85 bits per heavy atom. The summed E-state index contributed by atoms with van der Waals surface area (Å²) in [6.45, 7) is 7.69. The van der Waals surface area contributed by atoms with Gasteiger partial charge in [0, 0.05) is 32.2 Å². The van der Waals surface area contributed by atoms with Gasteiger partial charge in [0.15, 0.2) is 5.82 Å². The van der Waals surface area contributed by atoms with E-state index in [2.05, 4.69) is 25.3 Å². The smallest absolute Gasteiger partial charge is 0.159 e. The van der Waals surface area contributed by atoms with Crippen LogP contribution in [0.1, 0.15) is 11.4 Å². The molecule has 0 aromatic carbocycles. The first-order chi connectivity index (χ1) is 9.66. The predicted octanol–water partition coefficient (Wildman–Crippen LogP) is 1.34. The van der Waals surface area contributed by atoms with Crippen molar-refractivity contribution in [3.63, 3.8) is 0 Å². The number of piperazine rings is 1. The van der Waals surface area contributed by atoms with E-state index in [-0.39, 0.29) is 0 Å². The third kappa shape index (κ3) is 2.36. The zero-order valence-electron chi connectivity index (χ0n) is 11.6. The molecule has 0 aliphatic carbocycles. The quantitative estimate of drug-likeness (QED) is 0.905. The summed E-state index contributed by atoms with van der Waals surface area (Å²) in [5.41, 5.74) is 1.71. The summed E-state index contributed by atoms with van der Waals surface area (Å²) < 4.78 is 1.77. The fraction of sp³-hybridized carbons (Fsp3) is 0.462. The number of aryl methyl sites for hydroxylation is 1. The van der Waals surface area contributed by atoms with E-state index in [1.165, 1.54) is 0 Å². The maximum absolute atomic E-state index is 6.19. The molecule has 0 spiro atoms. The van der Waals surface area contributed by atoms with Crippen molar-refractivity contribution in [1.29, 1.82) is 0 Å². The summed E-state index contributed by atoms with van der Waals surface area (Å²) in [4.78, 5) is 10.9. The van der Waals surface area contributed by atoms with Gasteiger partial charge in [-0.1, -0.05) is 11.6 Å². The molecule has 2 aromatic heterocycles. The van der Waals surface area contributed by atoms with E-state index in [1.54, 1.807) is 11.0 Å². The van der Waals surface area contributed by atoms with Gasteiger partial charge in [0.1, 0.15) is 12.1 Å². The van der Waals surface area contributed by atoms with Crippen molar-refractivity contribution in [2.45, 2.75) is 13.8 Å². The van der Waals surface area contributed by atoms with Crippen molar-refractivity contribution in [3.8, 4) is 5.82 Å². The number of halogens is 1. The van der Waals surface area contributed by atoms with Crippen LogP contribution in [-0.2, 0) is 0 Å². The molecule has 3 rings (SSSR count). The van der Waals surface area contributed by atoms with Crippen molar-refractivity contribution in [2.24, 2.45) is 0 Å². The molecule has 1 saturated heterocycles. The molecule has 7 heteroatoms. The van der Waals surface area contributed by atoms with Gasteiger partial charge in [-0.25, -0.2) is 14.6 Å². The minimum atomic E-state index is 0.687. The highest BCUT2D eigenvalue weighted by atomic mass is 35.5. The largest absolute Gasteiger partial charge is 0.354 e. The van der Waals surface area contributed by atoms with Crippen LogP contribution >= 0.6 is 11.6 Å². The molecule has 1 aliphatic heterocycles. The van der Waals surface area contributed by atoms with Crippen LogP contribution in [0.3, 0.4) is 0 Å². The van der Waals surface area contributed by atoms with Crippen molar-refractivity contribution < 1.29 is 0 Å². The van der Waals surface area contributed by atoms with Gasteiger partial charge in [0.2, 0.25) is 0 Å². The van der Waals surface area contributed by atoms with Gasteiger partial charge in [-0.05, 0) is 13.8 Å². The normalized spacial score (nSPS) is 15.7. The molecule has 0 atom stereocenters. The van der Waals surface area contributed by atoms with Crippen LogP contribution in [0.5, 0.6) is 0 Å². The molecular weight excluding hydrogens is 276 g/mol. The lowest BCUT2D eigenvalue weighted by Gasteiger charge is -2.28. The molecule has 0 saturated carbocycles. The van der Waals surface area contributed by atoms with E-state index in [9.17, 15) is 0 Å². The molecule has 2 aromatic rings. The van der Waals surface area contributed by atoms with Crippen molar-refractivity contribution >= 4 is 17.4 Å². The number of nitrogens with zero attached hydrogens (tertiary/aromatic N) is 5. The molecule has 1 fully saturated rings. The highest BCUT2D eigenvalue weighted by Crippen LogP contribution is 2.22. The van der Waals surface area contributed by atoms with Crippen LogP contribution in [0.15, 0.2) is 12.4 Å². The van der Waals surface area contributed by atoms with Crippen molar-refractivity contribution in [1.82, 2.24) is 25.1 Å². The SMILES string of the molecule is Cc1nn(-c2cc(N3CCNCC3)ncn2)c(C)c1Cl. The highest BCUT2D eigenvalue weighted by Gasteiger charge is 2.15. The van der Waals surface area contributed by atoms with E-state index in [4.69, 9.17) is 11.6 Å². The zero-order chi connectivity index (χ0) is 14.1. The molecule has 1 N–H and O–H groups in total. The first kappa shape index (κ1) is 13.3. The lowest BCUT2D eigenvalue weighted by molar-refractivity contribution is 0.584. The van der Waals surface area contributed by atoms with E-state index in [0.717, 1.165) is 49.2 Å². The fourth-order valence-corrected chi connectivity index (χ4v) is 2.48. The van der Waals surface area contributed by atoms with Gasteiger partial charge in [0.25, 0.3) is 0 Å². The third-order valence-electron chi connectivity index (χ3n) is 3.50. The Kier molecular flexibility index (Phi) is 3.58. The summed E-state index contributed by atoms with van der Waals surface area (Å²) >= 11 is 6.19. The molecule has 3 heterocycles. The van der Waals surface area contributed by atoms with E-state index in [1.807, 2.05) is 19.9 Å². The number of aromatic nitrogens is 4. The Morgan fingerprint density at radius 1 is 1.15 bits per heavy atom. The predicted molar refractivity (Wildman–Crippen MR) is 78.7 cm³/mol. The van der Waals surface area contributed by atoms with Crippen LogP contribution in [-0.4, -0.2) is 45.9 Å². The Morgan fingerprint density at radius 3 is 2.50 bits per heavy atom. The standard InChI is InChI=1S/C13H17ClN6/c1-9-13(14)10(2)20(18-9)12-7-11(16-8-17-12)19-5-3-15-4-6-19/h7-8,15H,3-6H2,1-2H3. The van der Waals surface area contributed by atoms with Crippen LogP contribution in [0.2, 0.25) is 5.02 Å². The first-order valence-electron chi connectivity index (χ1n) is 6.66. The summed E-state index contributed by atoms with van der Waals surface area (Å²) in [6, 6.07) is 1.96. The average Bonchev–Trinajstić information content (AvgIpc) is 2.76. The highest BCUT2D eigenvalue weighted by molar-refractivity contribution is 6.31. The monoisotopic (exact) mass is 292 g/mol. The van der Waals surface area contributed by atoms with Gasteiger partial charge in [-0.3, -0.25) is 0 Å². The number of hydrogen-bond acceptors (Lipinski definition) is 5. The Balaban J connectivity index is 1.96. The minimum Gasteiger partial charge on any atom is -0.354 e. The number of hydrogen-bond donors (Lipinski definition) is 1. The molecule has 20 heavy (non-hydrogen) atoms. The van der Waals surface area contributed by atoms with E-state index < -0.39 is 0 Å². The molecule has 0 bridgehead atoms. The lowest BCUT2D eigenvalue weighted by Crippen LogP contribution is -2.43. The molecule has 0 unspecified atom stereocenters. The maximum atomic E-state index is 6.19. The van der Waals surface area contributed by atoms with Crippen molar-refractivity contribution in [2.75, 3.05) is 31.1 Å². The first-order valence-corrected chi connectivity index (χ1v) is 7.04. The molecule has 0 amide bonds. The van der Waals surface area contributed by atoms with Gasteiger partial charge < -0.3 is 10.2 Å². The molecule has 1 aliphatic rings. The summed E-state index contributed by atoms with van der Waals surface area (Å²) in [5.74, 6) is 1.68. The fourth-order valence-electron chi connectivity index (χ4n) is 2.37. The Bertz CT molecular complexity index is 617. The number of nitrogens with one attached hydrogen (secondary N) is 1. The second-order valence-electron chi connectivity index (χ2n) is 4.87. The maximum Gasteiger partial charge on any atom is 0.159 e. The topological polar surface area (TPSA) is 58.9 Å². The van der Waals surface area contributed by atoms with Gasteiger partial charge >= 0.3 is 0 Å². The molecule has 6 nitrogen and oxygen atoms in total. The van der Waals surface area contributed by atoms with Gasteiger partial charge in [-0.15, -0.1) is 0 Å². The zero-order valence-corrected chi connectivity index (χ0v) is 12.4. The summed E-state index contributed by atoms with van der Waals surface area (Å²) in [6.07, 6.45) is 1.58. The molecular formula is C13H17ClN6. The molecule has 0 radical (unpaired) electrons. The summed E-state index contributed by atoms with van der Waals surface area (Å²) in [7, 11) is 0. The molecule has 106 valence electrons. The Labute approximate surface area is 122 Å². The van der Waals surface area contributed by atoms with Crippen LogP contribution in [0.25, 0.3) is 5.82 Å². The van der Waals surface area contributed by atoms with E-state index >= 15 is 0 Å². The third-order valence-corrected chi connectivity index (χ3v) is 4.05. The minimum absolute atomic E-state index is 0.687. The van der Waals surface area contributed by atoms with Gasteiger partial charge in [0.05, 0.1) is 16.4 Å².